The zero-order chi connectivity index (χ0) is 20.8. The van der Waals surface area contributed by atoms with Crippen molar-refractivity contribution in [2.75, 3.05) is 38.8 Å². The van der Waals surface area contributed by atoms with Gasteiger partial charge < -0.3 is 19.5 Å². The van der Waals surface area contributed by atoms with Crippen molar-refractivity contribution in [3.8, 4) is 11.5 Å². The van der Waals surface area contributed by atoms with Gasteiger partial charge in [0.05, 0.1) is 19.2 Å². The third-order valence-electron chi connectivity index (χ3n) is 4.29. The Hall–Kier alpha value is -3.64. The maximum absolute atomic E-state index is 12.1. The summed E-state index contributed by atoms with van der Waals surface area (Å²) in [5.41, 5.74) is 5.72. The highest BCUT2D eigenvalue weighted by Crippen LogP contribution is 2.27. The molecule has 1 aromatic carbocycles. The number of fused-ring (bicyclic) bond motifs is 1. The SMILES string of the molecule is COc1ccc2nccc(OCC(=O)NNc3nnc(C4CNCCO4)nn3)c2c1. The molecule has 1 atom stereocenters. The van der Waals surface area contributed by atoms with Gasteiger partial charge in [-0.15, -0.1) is 20.4 Å². The molecule has 0 spiro atoms. The molecule has 3 aromatic rings. The molecule has 1 saturated heterocycles. The van der Waals surface area contributed by atoms with E-state index in [0.29, 0.717) is 30.5 Å². The Kier molecular flexibility index (Phi) is 6.06. The lowest BCUT2D eigenvalue weighted by atomic mass is 10.2. The van der Waals surface area contributed by atoms with Gasteiger partial charge >= 0.3 is 0 Å². The standard InChI is InChI=1S/C18H20N8O4/c1-28-11-2-3-13-12(8-11)14(4-5-20-13)30-10-16(27)21-24-18-25-22-17(23-26-18)15-9-19-6-7-29-15/h2-5,8,15,19H,6-7,9-10H2,1H3,(H,21,27)(H,24,25,26). The van der Waals surface area contributed by atoms with E-state index in [9.17, 15) is 4.79 Å². The highest BCUT2D eigenvalue weighted by Gasteiger charge is 2.19. The van der Waals surface area contributed by atoms with E-state index in [1.165, 1.54) is 0 Å². The van der Waals surface area contributed by atoms with Crippen molar-refractivity contribution >= 4 is 22.8 Å². The number of carbonyl (C=O) groups excluding carboxylic acids is 1. The Balaban J connectivity index is 1.30. The topological polar surface area (TPSA) is 145 Å². The highest BCUT2D eigenvalue weighted by atomic mass is 16.5. The number of nitrogens with one attached hydrogen (secondary N) is 3. The normalized spacial score (nSPS) is 16.1. The molecule has 0 saturated carbocycles. The Bertz CT molecular complexity index is 1010. The second kappa shape index (κ2) is 9.24. The minimum Gasteiger partial charge on any atom is -0.497 e. The van der Waals surface area contributed by atoms with Gasteiger partial charge in [0, 0.05) is 24.7 Å². The molecule has 1 unspecified atom stereocenters. The lowest BCUT2D eigenvalue weighted by Crippen LogP contribution is -2.36. The largest absolute Gasteiger partial charge is 0.497 e. The van der Waals surface area contributed by atoms with Crippen molar-refractivity contribution in [2.24, 2.45) is 0 Å². The summed E-state index contributed by atoms with van der Waals surface area (Å²) in [5, 5.41) is 19.6. The van der Waals surface area contributed by atoms with Crippen LogP contribution in [0.1, 0.15) is 11.9 Å². The first-order valence-corrected chi connectivity index (χ1v) is 9.23. The predicted molar refractivity (Wildman–Crippen MR) is 105 cm³/mol. The van der Waals surface area contributed by atoms with Gasteiger partial charge in [0.1, 0.15) is 17.6 Å². The number of nitrogens with zero attached hydrogens (tertiary/aromatic N) is 5. The fraction of sp³-hybridized carbons (Fsp3) is 0.333. The monoisotopic (exact) mass is 412 g/mol. The van der Waals surface area contributed by atoms with Crippen molar-refractivity contribution < 1.29 is 19.0 Å². The average Bonchev–Trinajstić information content (AvgIpc) is 2.82. The van der Waals surface area contributed by atoms with Crippen molar-refractivity contribution in [3.63, 3.8) is 0 Å². The molecule has 3 heterocycles. The van der Waals surface area contributed by atoms with Crippen LogP contribution in [0.4, 0.5) is 5.95 Å². The molecule has 3 N–H and O–H groups in total. The molecule has 30 heavy (non-hydrogen) atoms. The zero-order valence-electron chi connectivity index (χ0n) is 16.2. The van der Waals surface area contributed by atoms with Crippen molar-refractivity contribution in [3.05, 3.63) is 36.3 Å². The number of anilines is 1. The van der Waals surface area contributed by atoms with Gasteiger partial charge in [-0.05, 0) is 24.3 Å². The number of amides is 1. The molecule has 12 nitrogen and oxygen atoms in total. The molecule has 0 aliphatic carbocycles. The average molecular weight is 412 g/mol. The Labute approximate surface area is 171 Å². The minimum absolute atomic E-state index is 0.0509. The second-order valence-electron chi connectivity index (χ2n) is 6.30. The number of benzene rings is 1. The van der Waals surface area contributed by atoms with Crippen molar-refractivity contribution in [1.82, 2.24) is 36.1 Å². The van der Waals surface area contributed by atoms with Gasteiger partial charge in [-0.25, -0.2) is 0 Å². The lowest BCUT2D eigenvalue weighted by Gasteiger charge is -2.21. The van der Waals surface area contributed by atoms with Crippen LogP contribution >= 0.6 is 0 Å². The van der Waals surface area contributed by atoms with Crippen LogP contribution in [-0.2, 0) is 9.53 Å². The number of carbonyl (C=O) groups is 1. The number of aromatic nitrogens is 5. The van der Waals surface area contributed by atoms with Crippen molar-refractivity contribution in [2.45, 2.75) is 6.10 Å². The molecule has 1 aliphatic heterocycles. The summed E-state index contributed by atoms with van der Waals surface area (Å²) in [5.74, 6) is 1.17. The summed E-state index contributed by atoms with van der Waals surface area (Å²) in [6.45, 7) is 1.72. The maximum Gasteiger partial charge on any atom is 0.280 e. The zero-order valence-corrected chi connectivity index (χ0v) is 16.2. The fourth-order valence-corrected chi connectivity index (χ4v) is 2.81. The Morgan fingerprint density at radius 1 is 1.27 bits per heavy atom. The van der Waals surface area contributed by atoms with E-state index in [1.54, 1.807) is 31.5 Å². The van der Waals surface area contributed by atoms with E-state index < -0.39 is 5.91 Å². The van der Waals surface area contributed by atoms with E-state index in [4.69, 9.17) is 14.2 Å². The smallest absolute Gasteiger partial charge is 0.280 e. The number of pyridine rings is 1. The molecule has 1 aliphatic rings. The summed E-state index contributed by atoms with van der Waals surface area (Å²) in [4.78, 5) is 16.4. The molecule has 12 heteroatoms. The van der Waals surface area contributed by atoms with E-state index >= 15 is 0 Å². The van der Waals surface area contributed by atoms with Gasteiger partial charge in [0.2, 0.25) is 5.82 Å². The van der Waals surface area contributed by atoms with Crippen LogP contribution in [0, 0.1) is 0 Å². The summed E-state index contributed by atoms with van der Waals surface area (Å²) < 4.78 is 16.4. The quantitative estimate of drug-likeness (QED) is 0.451. The van der Waals surface area contributed by atoms with Gasteiger partial charge in [-0.1, -0.05) is 0 Å². The van der Waals surface area contributed by atoms with Crippen LogP contribution < -0.4 is 25.6 Å². The first-order chi connectivity index (χ1) is 14.7. The van der Waals surface area contributed by atoms with Crippen LogP contribution in [-0.4, -0.2) is 64.7 Å². The maximum atomic E-state index is 12.1. The van der Waals surface area contributed by atoms with Crippen LogP contribution in [0.5, 0.6) is 11.5 Å². The second-order valence-corrected chi connectivity index (χ2v) is 6.30. The number of ether oxygens (including phenoxy) is 3. The number of rotatable bonds is 7. The van der Waals surface area contributed by atoms with Crippen LogP contribution in [0.25, 0.3) is 10.9 Å². The highest BCUT2D eigenvalue weighted by molar-refractivity contribution is 5.87. The number of hydrogen-bond acceptors (Lipinski definition) is 11. The molecule has 2 aromatic heterocycles. The van der Waals surface area contributed by atoms with Crippen LogP contribution in [0.3, 0.4) is 0 Å². The molecular weight excluding hydrogens is 392 g/mol. The first kappa shape index (κ1) is 19.7. The molecular formula is C18H20N8O4. The Morgan fingerprint density at radius 3 is 2.90 bits per heavy atom. The molecule has 0 bridgehead atoms. The summed E-state index contributed by atoms with van der Waals surface area (Å²) in [6, 6.07) is 7.10. The summed E-state index contributed by atoms with van der Waals surface area (Å²) in [7, 11) is 1.58. The third-order valence-corrected chi connectivity index (χ3v) is 4.29. The van der Waals surface area contributed by atoms with Gasteiger partial charge in [0.25, 0.3) is 11.9 Å². The van der Waals surface area contributed by atoms with E-state index in [0.717, 1.165) is 17.4 Å². The summed E-state index contributed by atoms with van der Waals surface area (Å²) >= 11 is 0. The molecule has 1 fully saturated rings. The van der Waals surface area contributed by atoms with Gasteiger partial charge in [0.15, 0.2) is 6.61 Å². The Morgan fingerprint density at radius 2 is 2.13 bits per heavy atom. The van der Waals surface area contributed by atoms with Crippen molar-refractivity contribution in [1.29, 1.82) is 0 Å². The molecule has 0 radical (unpaired) electrons. The van der Waals surface area contributed by atoms with E-state index in [1.807, 2.05) is 6.07 Å². The third kappa shape index (κ3) is 4.67. The molecule has 156 valence electrons. The lowest BCUT2D eigenvalue weighted by molar-refractivity contribution is -0.122. The van der Waals surface area contributed by atoms with Gasteiger partial charge in [-0.2, -0.15) is 0 Å². The number of methoxy groups -OCH3 is 1. The predicted octanol–water partition coefficient (Wildman–Crippen LogP) is 0.00640. The van der Waals surface area contributed by atoms with E-state index in [2.05, 4.69) is 41.5 Å². The molecule has 1 amide bonds. The van der Waals surface area contributed by atoms with Crippen LogP contribution in [0.15, 0.2) is 30.5 Å². The van der Waals surface area contributed by atoms with Crippen LogP contribution in [0.2, 0.25) is 0 Å². The first-order valence-electron chi connectivity index (χ1n) is 9.23. The number of hydrazine groups is 1. The van der Waals surface area contributed by atoms with Gasteiger partial charge in [-0.3, -0.25) is 20.6 Å². The number of morpholine rings is 1. The molecule has 4 rings (SSSR count). The fourth-order valence-electron chi connectivity index (χ4n) is 2.81. The number of hydrogen-bond donors (Lipinski definition) is 3. The minimum atomic E-state index is -0.435. The van der Waals surface area contributed by atoms with E-state index in [-0.39, 0.29) is 18.7 Å². The summed E-state index contributed by atoms with van der Waals surface area (Å²) in [6.07, 6.45) is 1.32.